The van der Waals surface area contributed by atoms with Crippen LogP contribution in [0.4, 0.5) is 10.5 Å². The molecule has 1 rings (SSSR count). The van der Waals surface area contributed by atoms with E-state index >= 15 is 0 Å². The molecular formula is C11H15N3O4. The lowest BCUT2D eigenvalue weighted by atomic mass is 10.3. The fourth-order valence-electron chi connectivity index (χ4n) is 1.14. The molecule has 0 unspecified atom stereocenters. The molecule has 1 aromatic rings. The van der Waals surface area contributed by atoms with Gasteiger partial charge in [0, 0.05) is 20.7 Å². The van der Waals surface area contributed by atoms with E-state index in [1.165, 1.54) is 23.2 Å². The number of amides is 2. The Kier molecular flexibility index (Phi) is 5.06. The molecule has 0 saturated carbocycles. The van der Waals surface area contributed by atoms with Crippen LogP contribution in [-0.4, -0.2) is 54.3 Å². The first-order chi connectivity index (χ1) is 8.54. The van der Waals surface area contributed by atoms with E-state index in [2.05, 4.69) is 10.3 Å². The van der Waals surface area contributed by atoms with E-state index in [1.54, 1.807) is 14.2 Å². The molecule has 2 N–H and O–H groups in total. The summed E-state index contributed by atoms with van der Waals surface area (Å²) in [6.45, 7) is 0.906. The summed E-state index contributed by atoms with van der Waals surface area (Å²) in [5.74, 6) is -1.11. The maximum Gasteiger partial charge on any atom is 0.354 e. The summed E-state index contributed by atoms with van der Waals surface area (Å²) in [4.78, 5) is 27.4. The molecule has 7 heteroatoms. The quantitative estimate of drug-likeness (QED) is 0.813. The summed E-state index contributed by atoms with van der Waals surface area (Å²) in [5.41, 5.74) is 0.370. The number of carboxylic acid groups (broad SMARTS) is 1. The van der Waals surface area contributed by atoms with Gasteiger partial charge in [-0.25, -0.2) is 14.6 Å². The number of likely N-dealkylation sites (N-methyl/N-ethyl adjacent to an activating group) is 1. The Morgan fingerprint density at radius 2 is 2.22 bits per heavy atom. The van der Waals surface area contributed by atoms with Crippen LogP contribution in [0.2, 0.25) is 0 Å². The largest absolute Gasteiger partial charge is 0.477 e. The van der Waals surface area contributed by atoms with Gasteiger partial charge < -0.3 is 20.1 Å². The molecule has 0 bridgehead atoms. The summed E-state index contributed by atoms with van der Waals surface area (Å²) >= 11 is 0. The van der Waals surface area contributed by atoms with Crippen molar-refractivity contribution in [3.05, 3.63) is 24.0 Å². The fourth-order valence-corrected chi connectivity index (χ4v) is 1.14. The van der Waals surface area contributed by atoms with Crippen molar-refractivity contribution in [1.29, 1.82) is 0 Å². The van der Waals surface area contributed by atoms with Crippen LogP contribution < -0.4 is 5.32 Å². The Bertz CT molecular complexity index is 419. The first-order valence-electron chi connectivity index (χ1n) is 5.25. The highest BCUT2D eigenvalue weighted by molar-refractivity contribution is 5.90. The normalized spacial score (nSPS) is 9.89. The Morgan fingerprint density at radius 3 is 2.72 bits per heavy atom. The topological polar surface area (TPSA) is 91.8 Å². The Morgan fingerprint density at radius 1 is 1.50 bits per heavy atom. The number of aromatic carboxylic acids is 1. The van der Waals surface area contributed by atoms with Gasteiger partial charge in [-0.3, -0.25) is 0 Å². The van der Waals surface area contributed by atoms with Crippen molar-refractivity contribution >= 4 is 17.7 Å². The predicted molar refractivity (Wildman–Crippen MR) is 64.7 cm³/mol. The number of ether oxygens (including phenoxy) is 1. The number of aromatic nitrogens is 1. The maximum atomic E-state index is 11.7. The average Bonchev–Trinajstić information content (AvgIpc) is 2.36. The zero-order valence-corrected chi connectivity index (χ0v) is 10.2. The Balaban J connectivity index is 2.56. The first-order valence-corrected chi connectivity index (χ1v) is 5.25. The lowest BCUT2D eigenvalue weighted by molar-refractivity contribution is 0.0690. The number of nitrogens with one attached hydrogen (secondary N) is 1. The first kappa shape index (κ1) is 13.9. The van der Waals surface area contributed by atoms with Crippen LogP contribution in [0.15, 0.2) is 18.3 Å². The number of urea groups is 1. The maximum absolute atomic E-state index is 11.7. The summed E-state index contributed by atoms with van der Waals surface area (Å²) in [6.07, 6.45) is 1.30. The molecule has 0 spiro atoms. The van der Waals surface area contributed by atoms with E-state index in [9.17, 15) is 9.59 Å². The highest BCUT2D eigenvalue weighted by Gasteiger charge is 2.09. The van der Waals surface area contributed by atoms with E-state index in [0.717, 1.165) is 0 Å². The number of carbonyl (C=O) groups is 2. The van der Waals surface area contributed by atoms with Gasteiger partial charge in [-0.1, -0.05) is 0 Å². The molecule has 1 aromatic heterocycles. The molecular weight excluding hydrogens is 238 g/mol. The standard InChI is InChI=1S/C11H15N3O4/c1-14(5-6-18-2)11(17)13-8-3-4-9(10(15)16)12-7-8/h3-4,7H,5-6H2,1-2H3,(H,13,17)(H,15,16). The van der Waals surface area contributed by atoms with Crippen molar-refractivity contribution < 1.29 is 19.4 Å². The molecule has 0 aliphatic rings. The number of hydrogen-bond acceptors (Lipinski definition) is 4. The van der Waals surface area contributed by atoms with Gasteiger partial charge in [0.25, 0.3) is 0 Å². The minimum Gasteiger partial charge on any atom is -0.477 e. The van der Waals surface area contributed by atoms with Gasteiger partial charge >= 0.3 is 12.0 Å². The summed E-state index contributed by atoms with van der Waals surface area (Å²) in [7, 11) is 3.19. The molecule has 18 heavy (non-hydrogen) atoms. The zero-order valence-electron chi connectivity index (χ0n) is 10.2. The number of nitrogens with zero attached hydrogens (tertiary/aromatic N) is 2. The number of carboxylic acids is 1. The molecule has 2 amide bonds. The van der Waals surface area contributed by atoms with Gasteiger partial charge in [0.1, 0.15) is 5.69 Å². The van der Waals surface area contributed by atoms with Crippen LogP contribution in [0, 0.1) is 0 Å². The molecule has 0 aromatic carbocycles. The number of pyridine rings is 1. The smallest absolute Gasteiger partial charge is 0.354 e. The molecule has 0 atom stereocenters. The molecule has 0 aliphatic carbocycles. The monoisotopic (exact) mass is 253 g/mol. The molecule has 7 nitrogen and oxygen atoms in total. The van der Waals surface area contributed by atoms with E-state index in [1.807, 2.05) is 0 Å². The number of carbonyl (C=O) groups excluding carboxylic acids is 1. The lowest BCUT2D eigenvalue weighted by Crippen LogP contribution is -2.33. The van der Waals surface area contributed by atoms with Gasteiger partial charge in [0.2, 0.25) is 0 Å². The van der Waals surface area contributed by atoms with E-state index in [0.29, 0.717) is 18.8 Å². The predicted octanol–water partition coefficient (Wildman–Crippen LogP) is 0.890. The van der Waals surface area contributed by atoms with Gasteiger partial charge in [0.15, 0.2) is 0 Å². The molecule has 0 radical (unpaired) electrons. The van der Waals surface area contributed by atoms with Crippen molar-refractivity contribution in [2.24, 2.45) is 0 Å². The number of anilines is 1. The lowest BCUT2D eigenvalue weighted by Gasteiger charge is -2.17. The van der Waals surface area contributed by atoms with Gasteiger partial charge in [-0.15, -0.1) is 0 Å². The van der Waals surface area contributed by atoms with Crippen LogP contribution in [-0.2, 0) is 4.74 Å². The van der Waals surface area contributed by atoms with Crippen molar-refractivity contribution in [3.63, 3.8) is 0 Å². The van der Waals surface area contributed by atoms with Crippen LogP contribution >= 0.6 is 0 Å². The number of hydrogen-bond donors (Lipinski definition) is 2. The Labute approximate surface area is 104 Å². The van der Waals surface area contributed by atoms with E-state index < -0.39 is 5.97 Å². The van der Waals surface area contributed by atoms with E-state index in [-0.39, 0.29) is 11.7 Å². The average molecular weight is 253 g/mol. The summed E-state index contributed by atoms with van der Waals surface area (Å²) in [6, 6.07) is 2.50. The second-order valence-electron chi connectivity index (χ2n) is 3.58. The van der Waals surface area contributed by atoms with Crippen molar-refractivity contribution in [3.8, 4) is 0 Å². The molecule has 0 aliphatic heterocycles. The molecule has 1 heterocycles. The van der Waals surface area contributed by atoms with Crippen molar-refractivity contribution in [2.75, 3.05) is 32.6 Å². The minimum absolute atomic E-state index is 0.0688. The molecule has 0 fully saturated rings. The summed E-state index contributed by atoms with van der Waals surface area (Å²) < 4.78 is 4.86. The van der Waals surface area contributed by atoms with Gasteiger partial charge in [0.05, 0.1) is 18.5 Å². The summed E-state index contributed by atoms with van der Waals surface area (Å²) in [5, 5.41) is 11.3. The SMILES string of the molecule is COCCN(C)C(=O)Nc1ccc(C(=O)O)nc1. The van der Waals surface area contributed by atoms with Crippen molar-refractivity contribution in [2.45, 2.75) is 0 Å². The highest BCUT2D eigenvalue weighted by atomic mass is 16.5. The highest BCUT2D eigenvalue weighted by Crippen LogP contribution is 2.07. The van der Waals surface area contributed by atoms with Crippen LogP contribution in [0.1, 0.15) is 10.5 Å². The minimum atomic E-state index is -1.11. The molecule has 98 valence electrons. The zero-order chi connectivity index (χ0) is 13.5. The number of rotatable bonds is 5. The third-order valence-electron chi connectivity index (χ3n) is 2.21. The van der Waals surface area contributed by atoms with Crippen LogP contribution in [0.25, 0.3) is 0 Å². The fraction of sp³-hybridized carbons (Fsp3) is 0.364. The second-order valence-corrected chi connectivity index (χ2v) is 3.58. The van der Waals surface area contributed by atoms with Crippen LogP contribution in [0.5, 0.6) is 0 Å². The Hall–Kier alpha value is -2.15. The van der Waals surface area contributed by atoms with Gasteiger partial charge in [-0.2, -0.15) is 0 Å². The molecule has 0 saturated heterocycles. The van der Waals surface area contributed by atoms with Gasteiger partial charge in [-0.05, 0) is 12.1 Å². The third kappa shape index (κ3) is 4.02. The van der Waals surface area contributed by atoms with E-state index in [4.69, 9.17) is 9.84 Å². The second kappa shape index (κ2) is 6.55. The van der Waals surface area contributed by atoms with Crippen LogP contribution in [0.3, 0.4) is 0 Å². The number of methoxy groups -OCH3 is 1. The third-order valence-corrected chi connectivity index (χ3v) is 2.21. The van der Waals surface area contributed by atoms with Crippen molar-refractivity contribution in [1.82, 2.24) is 9.88 Å².